The third-order valence-corrected chi connectivity index (χ3v) is 3.30. The second-order valence-electron chi connectivity index (χ2n) is 6.70. The number of unbranched alkanes of at least 4 members (excludes halogenated alkanes) is 7. The lowest BCUT2D eigenvalue weighted by Crippen LogP contribution is -2.27. The standard InChI is InChI=1S/C17H34O2/c1-6-7-8-9-10-11-12-13-14-15(2)16(18)19-17(3,4)5/h15H,6-14H2,1-5H3. The molecule has 0 radical (unpaired) electrons. The fraction of sp³-hybridized carbons (Fsp3) is 0.941. The van der Waals surface area contributed by atoms with Crippen molar-refractivity contribution in [1.82, 2.24) is 0 Å². The lowest BCUT2D eigenvalue weighted by atomic mass is 10.0. The molecule has 0 bridgehead atoms. The number of carbonyl (C=O) groups excluding carboxylic acids is 1. The van der Waals surface area contributed by atoms with Crippen LogP contribution in [0.25, 0.3) is 0 Å². The van der Waals surface area contributed by atoms with E-state index in [1.165, 1.54) is 44.9 Å². The smallest absolute Gasteiger partial charge is 0.309 e. The highest BCUT2D eigenvalue weighted by Crippen LogP contribution is 2.17. The highest BCUT2D eigenvalue weighted by Gasteiger charge is 2.20. The molecule has 1 atom stereocenters. The summed E-state index contributed by atoms with van der Waals surface area (Å²) in [6.45, 7) is 10.0. The van der Waals surface area contributed by atoms with Gasteiger partial charge in [0.15, 0.2) is 0 Å². The third-order valence-electron chi connectivity index (χ3n) is 3.30. The SMILES string of the molecule is CCCCCCCCCCC(C)C(=O)OC(C)(C)C. The van der Waals surface area contributed by atoms with Crippen LogP contribution in [0.15, 0.2) is 0 Å². The van der Waals surface area contributed by atoms with E-state index in [2.05, 4.69) is 6.92 Å². The van der Waals surface area contributed by atoms with Crippen LogP contribution >= 0.6 is 0 Å². The second-order valence-corrected chi connectivity index (χ2v) is 6.70. The number of hydrogen-bond donors (Lipinski definition) is 0. The molecule has 0 aliphatic rings. The van der Waals surface area contributed by atoms with E-state index in [1.807, 2.05) is 27.7 Å². The molecule has 0 aliphatic carbocycles. The Kier molecular flexibility index (Phi) is 9.99. The Morgan fingerprint density at radius 3 is 1.89 bits per heavy atom. The van der Waals surface area contributed by atoms with Crippen molar-refractivity contribution in [2.75, 3.05) is 0 Å². The first-order chi connectivity index (χ1) is 8.87. The summed E-state index contributed by atoms with van der Waals surface area (Å²) >= 11 is 0. The van der Waals surface area contributed by atoms with E-state index in [0.29, 0.717) is 0 Å². The van der Waals surface area contributed by atoms with Gasteiger partial charge < -0.3 is 4.74 Å². The normalized spacial score (nSPS) is 13.3. The Balaban J connectivity index is 3.48. The van der Waals surface area contributed by atoms with E-state index in [9.17, 15) is 4.79 Å². The Bertz CT molecular complexity index is 228. The van der Waals surface area contributed by atoms with Gasteiger partial charge in [0.1, 0.15) is 5.60 Å². The van der Waals surface area contributed by atoms with Gasteiger partial charge in [-0.05, 0) is 27.2 Å². The molecule has 0 heterocycles. The van der Waals surface area contributed by atoms with Gasteiger partial charge in [-0.1, -0.05) is 65.2 Å². The summed E-state index contributed by atoms with van der Waals surface area (Å²) in [6, 6.07) is 0. The van der Waals surface area contributed by atoms with Crippen molar-refractivity contribution in [2.45, 2.75) is 98.0 Å². The molecule has 0 saturated carbocycles. The Morgan fingerprint density at radius 2 is 1.42 bits per heavy atom. The Morgan fingerprint density at radius 1 is 0.947 bits per heavy atom. The topological polar surface area (TPSA) is 26.3 Å². The van der Waals surface area contributed by atoms with E-state index in [0.717, 1.165) is 12.8 Å². The largest absolute Gasteiger partial charge is 0.460 e. The van der Waals surface area contributed by atoms with Crippen LogP contribution in [0.4, 0.5) is 0 Å². The molecule has 0 rings (SSSR count). The third kappa shape index (κ3) is 12.3. The van der Waals surface area contributed by atoms with Crippen LogP contribution in [0.3, 0.4) is 0 Å². The molecule has 0 aromatic heterocycles. The van der Waals surface area contributed by atoms with Crippen molar-refractivity contribution in [3.8, 4) is 0 Å². The minimum atomic E-state index is -0.357. The van der Waals surface area contributed by atoms with Crippen molar-refractivity contribution < 1.29 is 9.53 Å². The number of esters is 1. The van der Waals surface area contributed by atoms with Crippen LogP contribution < -0.4 is 0 Å². The summed E-state index contributed by atoms with van der Waals surface area (Å²) in [6.07, 6.45) is 11.5. The van der Waals surface area contributed by atoms with E-state index in [4.69, 9.17) is 4.74 Å². The van der Waals surface area contributed by atoms with Crippen molar-refractivity contribution in [3.63, 3.8) is 0 Å². The van der Waals surface area contributed by atoms with Crippen molar-refractivity contribution >= 4 is 5.97 Å². The lowest BCUT2D eigenvalue weighted by Gasteiger charge is -2.22. The molecular formula is C17H34O2. The number of rotatable bonds is 10. The van der Waals surface area contributed by atoms with Crippen LogP contribution in [0, 0.1) is 5.92 Å². The molecule has 1 unspecified atom stereocenters. The Hall–Kier alpha value is -0.530. The number of hydrogen-bond acceptors (Lipinski definition) is 2. The van der Waals surface area contributed by atoms with Gasteiger partial charge in [-0.15, -0.1) is 0 Å². The molecule has 19 heavy (non-hydrogen) atoms. The molecule has 2 heteroatoms. The summed E-state index contributed by atoms with van der Waals surface area (Å²) in [7, 11) is 0. The van der Waals surface area contributed by atoms with Crippen LogP contribution in [0.5, 0.6) is 0 Å². The maximum atomic E-state index is 11.8. The molecule has 0 saturated heterocycles. The van der Waals surface area contributed by atoms with Gasteiger partial charge in [-0.2, -0.15) is 0 Å². The zero-order valence-corrected chi connectivity index (χ0v) is 13.8. The molecular weight excluding hydrogens is 236 g/mol. The molecule has 0 aromatic rings. The van der Waals surface area contributed by atoms with Crippen molar-refractivity contribution in [1.29, 1.82) is 0 Å². The van der Waals surface area contributed by atoms with E-state index in [-0.39, 0.29) is 17.5 Å². The maximum absolute atomic E-state index is 11.8. The highest BCUT2D eigenvalue weighted by atomic mass is 16.6. The summed E-state index contributed by atoms with van der Waals surface area (Å²) in [4.78, 5) is 11.8. The molecule has 0 N–H and O–H groups in total. The van der Waals surface area contributed by atoms with Crippen LogP contribution in [-0.4, -0.2) is 11.6 Å². The molecule has 2 nitrogen and oxygen atoms in total. The average Bonchev–Trinajstić information content (AvgIpc) is 2.30. The van der Waals surface area contributed by atoms with Gasteiger partial charge in [-0.3, -0.25) is 4.79 Å². The van der Waals surface area contributed by atoms with Gasteiger partial charge in [0, 0.05) is 0 Å². The first-order valence-corrected chi connectivity index (χ1v) is 8.09. The molecule has 0 spiro atoms. The van der Waals surface area contributed by atoms with Crippen LogP contribution in [0.2, 0.25) is 0 Å². The molecule has 114 valence electrons. The molecule has 0 aliphatic heterocycles. The first-order valence-electron chi connectivity index (χ1n) is 8.09. The number of ether oxygens (including phenoxy) is 1. The maximum Gasteiger partial charge on any atom is 0.309 e. The fourth-order valence-corrected chi connectivity index (χ4v) is 2.10. The van der Waals surface area contributed by atoms with E-state index >= 15 is 0 Å². The monoisotopic (exact) mass is 270 g/mol. The van der Waals surface area contributed by atoms with Crippen molar-refractivity contribution in [2.24, 2.45) is 5.92 Å². The first kappa shape index (κ1) is 18.5. The fourth-order valence-electron chi connectivity index (χ4n) is 2.10. The molecule has 0 fully saturated rings. The average molecular weight is 270 g/mol. The van der Waals surface area contributed by atoms with E-state index < -0.39 is 0 Å². The minimum absolute atomic E-state index is 0.0410. The molecule has 0 aromatic carbocycles. The summed E-state index contributed by atoms with van der Waals surface area (Å²) in [5, 5.41) is 0. The quantitative estimate of drug-likeness (QED) is 0.387. The van der Waals surface area contributed by atoms with E-state index in [1.54, 1.807) is 0 Å². The zero-order valence-electron chi connectivity index (χ0n) is 13.8. The van der Waals surface area contributed by atoms with Crippen molar-refractivity contribution in [3.05, 3.63) is 0 Å². The molecule has 0 amide bonds. The van der Waals surface area contributed by atoms with Gasteiger partial charge in [0.05, 0.1) is 5.92 Å². The highest BCUT2D eigenvalue weighted by molar-refractivity contribution is 5.72. The lowest BCUT2D eigenvalue weighted by molar-refractivity contribution is -0.159. The minimum Gasteiger partial charge on any atom is -0.460 e. The van der Waals surface area contributed by atoms with Gasteiger partial charge in [0.2, 0.25) is 0 Å². The summed E-state index contributed by atoms with van der Waals surface area (Å²) in [5.74, 6) is -0.00485. The van der Waals surface area contributed by atoms with Crippen LogP contribution in [0.1, 0.15) is 92.4 Å². The van der Waals surface area contributed by atoms with Gasteiger partial charge in [0.25, 0.3) is 0 Å². The predicted octanol–water partition coefficient (Wildman–Crippen LogP) is 5.50. The number of carbonyl (C=O) groups is 1. The predicted molar refractivity (Wildman–Crippen MR) is 82.2 cm³/mol. The summed E-state index contributed by atoms with van der Waals surface area (Å²) < 4.78 is 5.38. The summed E-state index contributed by atoms with van der Waals surface area (Å²) in [5.41, 5.74) is -0.357. The second kappa shape index (κ2) is 10.3. The zero-order chi connectivity index (χ0) is 14.7. The van der Waals surface area contributed by atoms with Gasteiger partial charge >= 0.3 is 5.97 Å². The Labute approximate surface area is 120 Å². The van der Waals surface area contributed by atoms with Crippen LogP contribution in [-0.2, 0) is 9.53 Å². The van der Waals surface area contributed by atoms with Gasteiger partial charge in [-0.25, -0.2) is 0 Å².